The normalized spacial score (nSPS) is 15.2. The third kappa shape index (κ3) is 3.06. The molecule has 4 rings (SSSR count). The molecule has 0 unspecified atom stereocenters. The van der Waals surface area contributed by atoms with Crippen molar-refractivity contribution in [3.63, 3.8) is 0 Å². The van der Waals surface area contributed by atoms with E-state index in [0.717, 1.165) is 23.5 Å². The molecule has 134 valence electrons. The maximum atomic E-state index is 12.8. The molecule has 1 aromatic carbocycles. The van der Waals surface area contributed by atoms with E-state index in [1.165, 1.54) is 0 Å². The van der Waals surface area contributed by atoms with E-state index in [1.807, 2.05) is 40.8 Å². The van der Waals surface area contributed by atoms with Gasteiger partial charge in [-0.2, -0.15) is 0 Å². The zero-order valence-electron chi connectivity index (χ0n) is 14.5. The molecule has 1 aliphatic rings. The minimum atomic E-state index is -0.0325. The summed E-state index contributed by atoms with van der Waals surface area (Å²) in [5.74, 6) is 0.695. The van der Waals surface area contributed by atoms with Crippen LogP contribution in [0.15, 0.2) is 36.5 Å². The van der Waals surface area contributed by atoms with Crippen molar-refractivity contribution in [2.24, 2.45) is 7.05 Å². The van der Waals surface area contributed by atoms with Gasteiger partial charge < -0.3 is 14.2 Å². The fourth-order valence-electron chi connectivity index (χ4n) is 3.21. The molecule has 1 saturated heterocycles. The van der Waals surface area contributed by atoms with Crippen LogP contribution in [0.3, 0.4) is 0 Å². The first-order valence-electron chi connectivity index (χ1n) is 8.59. The first-order valence-corrected chi connectivity index (χ1v) is 8.97. The van der Waals surface area contributed by atoms with E-state index in [2.05, 4.69) is 9.97 Å². The van der Waals surface area contributed by atoms with Gasteiger partial charge in [-0.3, -0.25) is 4.79 Å². The molecule has 0 N–H and O–H groups in total. The van der Waals surface area contributed by atoms with E-state index in [1.54, 1.807) is 12.3 Å². The van der Waals surface area contributed by atoms with E-state index in [4.69, 9.17) is 16.3 Å². The molecule has 26 heavy (non-hydrogen) atoms. The lowest BCUT2D eigenvalue weighted by Gasteiger charge is -2.19. The van der Waals surface area contributed by atoms with Crippen molar-refractivity contribution in [1.29, 1.82) is 0 Å². The number of amides is 1. The summed E-state index contributed by atoms with van der Waals surface area (Å²) in [7, 11) is 1.90. The average molecular weight is 371 g/mol. The van der Waals surface area contributed by atoms with E-state index in [-0.39, 0.29) is 5.91 Å². The molecule has 3 heterocycles. The number of pyridine rings is 1. The molecule has 0 bridgehead atoms. The van der Waals surface area contributed by atoms with Gasteiger partial charge in [-0.05, 0) is 24.6 Å². The fourth-order valence-corrected chi connectivity index (χ4v) is 3.43. The molecule has 1 aliphatic heterocycles. The molecular weight excluding hydrogens is 352 g/mol. The first kappa shape index (κ1) is 17.0. The van der Waals surface area contributed by atoms with Crippen molar-refractivity contribution in [3.8, 4) is 11.4 Å². The van der Waals surface area contributed by atoms with Crippen LogP contribution < -0.4 is 0 Å². The SMILES string of the molecule is Cn1c(-c2ccccc2Cl)nc2cc(C(=O)N3CCCOCC3)cnc21. The Morgan fingerprint density at radius 3 is 2.92 bits per heavy atom. The number of hydrogen-bond donors (Lipinski definition) is 0. The summed E-state index contributed by atoms with van der Waals surface area (Å²) in [5, 5.41) is 0.631. The van der Waals surface area contributed by atoms with Crippen LogP contribution in [-0.2, 0) is 11.8 Å². The van der Waals surface area contributed by atoms with Crippen LogP contribution in [-0.4, -0.2) is 51.6 Å². The van der Waals surface area contributed by atoms with E-state index in [9.17, 15) is 4.79 Å². The minimum Gasteiger partial charge on any atom is -0.380 e. The Balaban J connectivity index is 1.72. The number of hydrogen-bond acceptors (Lipinski definition) is 4. The Bertz CT molecular complexity index is 961. The Morgan fingerprint density at radius 2 is 2.08 bits per heavy atom. The van der Waals surface area contributed by atoms with Crippen LogP contribution in [0.5, 0.6) is 0 Å². The van der Waals surface area contributed by atoms with Gasteiger partial charge in [-0.25, -0.2) is 9.97 Å². The third-order valence-electron chi connectivity index (χ3n) is 4.58. The first-order chi connectivity index (χ1) is 12.6. The Labute approximate surface area is 156 Å². The number of ether oxygens (including phenoxy) is 1. The number of benzene rings is 1. The molecule has 0 radical (unpaired) electrons. The van der Waals surface area contributed by atoms with Gasteiger partial charge in [-0.15, -0.1) is 0 Å². The van der Waals surface area contributed by atoms with Crippen molar-refractivity contribution in [3.05, 3.63) is 47.1 Å². The monoisotopic (exact) mass is 370 g/mol. The molecule has 7 heteroatoms. The number of nitrogens with zero attached hydrogens (tertiary/aromatic N) is 4. The van der Waals surface area contributed by atoms with Crippen molar-refractivity contribution in [2.45, 2.75) is 6.42 Å². The highest BCUT2D eigenvalue weighted by molar-refractivity contribution is 6.33. The van der Waals surface area contributed by atoms with Crippen LogP contribution in [0.1, 0.15) is 16.8 Å². The highest BCUT2D eigenvalue weighted by Crippen LogP contribution is 2.29. The van der Waals surface area contributed by atoms with Gasteiger partial charge in [-0.1, -0.05) is 23.7 Å². The van der Waals surface area contributed by atoms with Gasteiger partial charge in [0.2, 0.25) is 0 Å². The molecule has 2 aromatic heterocycles. The lowest BCUT2D eigenvalue weighted by molar-refractivity contribution is 0.0741. The van der Waals surface area contributed by atoms with Crippen molar-refractivity contribution >= 4 is 28.7 Å². The van der Waals surface area contributed by atoms with Gasteiger partial charge in [0.1, 0.15) is 11.3 Å². The number of carbonyl (C=O) groups excluding carboxylic acids is 1. The molecule has 6 nitrogen and oxygen atoms in total. The zero-order chi connectivity index (χ0) is 18.1. The zero-order valence-corrected chi connectivity index (χ0v) is 15.2. The number of aromatic nitrogens is 3. The molecule has 3 aromatic rings. The topological polar surface area (TPSA) is 60.2 Å². The summed E-state index contributed by atoms with van der Waals surface area (Å²) in [6.07, 6.45) is 2.47. The van der Waals surface area contributed by atoms with Crippen molar-refractivity contribution in [1.82, 2.24) is 19.4 Å². The van der Waals surface area contributed by atoms with Gasteiger partial charge in [0, 0.05) is 38.5 Å². The number of fused-ring (bicyclic) bond motifs is 1. The minimum absolute atomic E-state index is 0.0325. The quantitative estimate of drug-likeness (QED) is 0.695. The average Bonchev–Trinajstić information content (AvgIpc) is 2.83. The second kappa shape index (κ2) is 7.05. The predicted octanol–water partition coefficient (Wildman–Crippen LogP) is 3.15. The maximum absolute atomic E-state index is 12.8. The summed E-state index contributed by atoms with van der Waals surface area (Å²) in [4.78, 5) is 23.7. The van der Waals surface area contributed by atoms with Crippen LogP contribution in [0.25, 0.3) is 22.6 Å². The van der Waals surface area contributed by atoms with E-state index in [0.29, 0.717) is 42.4 Å². The molecule has 1 fully saturated rings. The molecule has 1 amide bonds. The smallest absolute Gasteiger partial charge is 0.255 e. The van der Waals surface area contributed by atoms with Crippen LogP contribution >= 0.6 is 11.6 Å². The van der Waals surface area contributed by atoms with Crippen LogP contribution in [0, 0.1) is 0 Å². The number of imidazole rings is 1. The largest absolute Gasteiger partial charge is 0.380 e. The Hall–Kier alpha value is -2.44. The van der Waals surface area contributed by atoms with Gasteiger partial charge in [0.05, 0.1) is 17.2 Å². The summed E-state index contributed by atoms with van der Waals surface area (Å²) < 4.78 is 7.32. The predicted molar refractivity (Wildman–Crippen MR) is 100 cm³/mol. The second-order valence-corrected chi connectivity index (χ2v) is 6.71. The summed E-state index contributed by atoms with van der Waals surface area (Å²) in [6, 6.07) is 9.36. The number of aryl methyl sites for hydroxylation is 1. The summed E-state index contributed by atoms with van der Waals surface area (Å²) in [6.45, 7) is 2.57. The number of carbonyl (C=O) groups is 1. The van der Waals surface area contributed by atoms with Crippen molar-refractivity contribution in [2.75, 3.05) is 26.3 Å². The lowest BCUT2D eigenvalue weighted by atomic mass is 10.2. The third-order valence-corrected chi connectivity index (χ3v) is 4.91. The fraction of sp³-hybridized carbons (Fsp3) is 0.316. The van der Waals surface area contributed by atoms with Gasteiger partial charge in [0.25, 0.3) is 5.91 Å². The van der Waals surface area contributed by atoms with E-state index >= 15 is 0 Å². The molecule has 0 saturated carbocycles. The maximum Gasteiger partial charge on any atom is 0.255 e. The molecule has 0 spiro atoms. The van der Waals surface area contributed by atoms with Crippen LogP contribution in [0.2, 0.25) is 5.02 Å². The number of rotatable bonds is 2. The second-order valence-electron chi connectivity index (χ2n) is 6.30. The highest BCUT2D eigenvalue weighted by atomic mass is 35.5. The summed E-state index contributed by atoms with van der Waals surface area (Å²) in [5.41, 5.74) is 2.78. The molecule has 0 atom stereocenters. The molecule has 0 aliphatic carbocycles. The Morgan fingerprint density at radius 1 is 1.23 bits per heavy atom. The number of halogens is 1. The lowest BCUT2D eigenvalue weighted by Crippen LogP contribution is -2.33. The van der Waals surface area contributed by atoms with Gasteiger partial charge >= 0.3 is 0 Å². The van der Waals surface area contributed by atoms with Gasteiger partial charge in [0.15, 0.2) is 5.65 Å². The Kier molecular flexibility index (Phi) is 4.61. The standard InChI is InChI=1S/C19H19ClN4O2/c1-23-17(14-5-2-3-6-15(14)20)22-16-11-13(12-21-18(16)23)19(25)24-7-4-9-26-10-8-24/h2-3,5-6,11-12H,4,7-10H2,1H3. The summed E-state index contributed by atoms with van der Waals surface area (Å²) >= 11 is 6.31. The molecular formula is C19H19ClN4O2. The highest BCUT2D eigenvalue weighted by Gasteiger charge is 2.20. The van der Waals surface area contributed by atoms with Crippen molar-refractivity contribution < 1.29 is 9.53 Å². The van der Waals surface area contributed by atoms with Crippen LogP contribution in [0.4, 0.5) is 0 Å². The van der Waals surface area contributed by atoms with E-state index < -0.39 is 0 Å².